The number of nitrogens with zero attached hydrogens (tertiary/aromatic N) is 2. The molecule has 1 heterocycles. The molecule has 0 aliphatic rings. The molecule has 1 aromatic carbocycles. The Labute approximate surface area is 119 Å². The number of hydrogen-bond acceptors (Lipinski definition) is 3. The van der Waals surface area contributed by atoms with Crippen LogP contribution in [-0.4, -0.2) is 27.8 Å². The fraction of sp³-hybridized carbons (Fsp3) is 0.500. The number of ether oxygens (including phenoxy) is 1. The van der Waals surface area contributed by atoms with Gasteiger partial charge in [-0.3, -0.25) is 9.48 Å². The van der Waals surface area contributed by atoms with Crippen LogP contribution in [0, 0.1) is 0 Å². The standard InChI is InChI=1S/C16H22N2O2/c1-5-16(3,20-6-2)15(19)11-13-12-9-7-8-10-14(12)18(4)17-13/h7-10H,5-6,11H2,1-4H3. The summed E-state index contributed by atoms with van der Waals surface area (Å²) in [5, 5.41) is 5.52. The van der Waals surface area contributed by atoms with Crippen LogP contribution in [0.25, 0.3) is 10.9 Å². The van der Waals surface area contributed by atoms with Crippen LogP contribution in [0.4, 0.5) is 0 Å². The van der Waals surface area contributed by atoms with E-state index in [0.29, 0.717) is 19.4 Å². The van der Waals surface area contributed by atoms with Gasteiger partial charge in [-0.2, -0.15) is 5.10 Å². The van der Waals surface area contributed by atoms with Gasteiger partial charge in [-0.15, -0.1) is 0 Å². The fourth-order valence-electron chi connectivity index (χ4n) is 2.46. The number of carbonyl (C=O) groups is 1. The van der Waals surface area contributed by atoms with E-state index in [4.69, 9.17) is 4.74 Å². The number of fused-ring (bicyclic) bond motifs is 1. The van der Waals surface area contributed by atoms with Gasteiger partial charge in [-0.05, 0) is 26.3 Å². The molecule has 4 heteroatoms. The molecule has 0 spiro atoms. The first kappa shape index (κ1) is 14.7. The lowest BCUT2D eigenvalue weighted by molar-refractivity contribution is -0.141. The Balaban J connectivity index is 2.30. The number of aromatic nitrogens is 2. The van der Waals surface area contributed by atoms with E-state index in [1.807, 2.05) is 56.8 Å². The number of benzene rings is 1. The third-order valence-electron chi connectivity index (χ3n) is 3.89. The van der Waals surface area contributed by atoms with Gasteiger partial charge in [0.05, 0.1) is 17.6 Å². The van der Waals surface area contributed by atoms with Gasteiger partial charge in [-0.25, -0.2) is 0 Å². The Bertz CT molecular complexity index is 618. The van der Waals surface area contributed by atoms with E-state index in [2.05, 4.69) is 5.10 Å². The lowest BCUT2D eigenvalue weighted by atomic mass is 9.93. The van der Waals surface area contributed by atoms with Gasteiger partial charge in [-0.1, -0.05) is 25.1 Å². The van der Waals surface area contributed by atoms with Gasteiger partial charge in [0.1, 0.15) is 5.60 Å². The maximum absolute atomic E-state index is 12.5. The zero-order valence-electron chi connectivity index (χ0n) is 12.6. The van der Waals surface area contributed by atoms with Crippen LogP contribution in [0.3, 0.4) is 0 Å². The average Bonchev–Trinajstić information content (AvgIpc) is 2.76. The largest absolute Gasteiger partial charge is 0.368 e. The van der Waals surface area contributed by atoms with Crippen molar-refractivity contribution in [3.63, 3.8) is 0 Å². The predicted molar refractivity (Wildman–Crippen MR) is 79.7 cm³/mol. The highest BCUT2D eigenvalue weighted by Gasteiger charge is 2.32. The van der Waals surface area contributed by atoms with E-state index in [1.54, 1.807) is 0 Å². The SMILES string of the molecule is CCOC(C)(CC)C(=O)Cc1nn(C)c2ccccc12. The number of Topliss-reactive ketones (excluding diaryl/α,β-unsaturated/α-hetero) is 1. The number of aryl methyl sites for hydroxylation is 1. The molecule has 0 N–H and O–H groups in total. The molecule has 0 aliphatic carbocycles. The number of para-hydroxylation sites is 1. The van der Waals surface area contributed by atoms with E-state index in [1.165, 1.54) is 0 Å². The van der Waals surface area contributed by atoms with Crippen molar-refractivity contribution < 1.29 is 9.53 Å². The maximum Gasteiger partial charge on any atom is 0.170 e. The molecule has 0 radical (unpaired) electrons. The van der Waals surface area contributed by atoms with Gasteiger partial charge in [0.25, 0.3) is 0 Å². The zero-order chi connectivity index (χ0) is 14.8. The van der Waals surface area contributed by atoms with E-state index in [9.17, 15) is 4.79 Å². The first-order valence-electron chi connectivity index (χ1n) is 7.09. The number of rotatable bonds is 6. The van der Waals surface area contributed by atoms with Crippen LogP contribution in [0.15, 0.2) is 24.3 Å². The lowest BCUT2D eigenvalue weighted by Gasteiger charge is -2.26. The third kappa shape index (κ3) is 2.61. The second kappa shape index (κ2) is 5.75. The molecule has 0 aliphatic heterocycles. The van der Waals surface area contributed by atoms with E-state index in [0.717, 1.165) is 16.6 Å². The molecule has 1 atom stereocenters. The van der Waals surface area contributed by atoms with E-state index >= 15 is 0 Å². The van der Waals surface area contributed by atoms with Gasteiger partial charge in [0, 0.05) is 19.0 Å². The van der Waals surface area contributed by atoms with Crippen LogP contribution in [0.2, 0.25) is 0 Å². The van der Waals surface area contributed by atoms with Gasteiger partial charge in [0.2, 0.25) is 0 Å². The Morgan fingerprint density at radius 2 is 2.05 bits per heavy atom. The molecule has 1 unspecified atom stereocenters. The summed E-state index contributed by atoms with van der Waals surface area (Å²) in [6.07, 6.45) is 0.982. The second-order valence-electron chi connectivity index (χ2n) is 5.20. The zero-order valence-corrected chi connectivity index (χ0v) is 12.6. The van der Waals surface area contributed by atoms with Crippen LogP contribution >= 0.6 is 0 Å². The summed E-state index contributed by atoms with van der Waals surface area (Å²) < 4.78 is 7.47. The summed E-state index contributed by atoms with van der Waals surface area (Å²) >= 11 is 0. The molecule has 2 rings (SSSR count). The van der Waals surface area contributed by atoms with Crippen molar-refractivity contribution in [1.82, 2.24) is 9.78 Å². The van der Waals surface area contributed by atoms with Crippen molar-refractivity contribution >= 4 is 16.7 Å². The number of ketones is 1. The first-order chi connectivity index (χ1) is 9.51. The molecule has 0 fully saturated rings. The van der Waals surface area contributed by atoms with Crippen molar-refractivity contribution in [3.05, 3.63) is 30.0 Å². The smallest absolute Gasteiger partial charge is 0.170 e. The highest BCUT2D eigenvalue weighted by Crippen LogP contribution is 2.23. The van der Waals surface area contributed by atoms with Crippen molar-refractivity contribution in [3.8, 4) is 0 Å². The summed E-state index contributed by atoms with van der Waals surface area (Å²) in [6.45, 7) is 6.30. The summed E-state index contributed by atoms with van der Waals surface area (Å²) in [5.41, 5.74) is 1.16. The molecule has 0 saturated heterocycles. The topological polar surface area (TPSA) is 44.1 Å². The third-order valence-corrected chi connectivity index (χ3v) is 3.89. The fourth-order valence-corrected chi connectivity index (χ4v) is 2.46. The molecule has 1 aromatic heterocycles. The normalized spacial score (nSPS) is 14.4. The minimum atomic E-state index is -0.715. The minimum absolute atomic E-state index is 0.0886. The first-order valence-corrected chi connectivity index (χ1v) is 7.09. The second-order valence-corrected chi connectivity index (χ2v) is 5.20. The summed E-state index contributed by atoms with van der Waals surface area (Å²) in [5.74, 6) is 0.0886. The lowest BCUT2D eigenvalue weighted by Crippen LogP contribution is -2.39. The van der Waals surface area contributed by atoms with Crippen LogP contribution in [0.5, 0.6) is 0 Å². The Morgan fingerprint density at radius 1 is 1.35 bits per heavy atom. The van der Waals surface area contributed by atoms with Gasteiger partial charge < -0.3 is 4.74 Å². The summed E-state index contributed by atoms with van der Waals surface area (Å²) in [7, 11) is 1.90. The minimum Gasteiger partial charge on any atom is -0.368 e. The quantitative estimate of drug-likeness (QED) is 0.813. The van der Waals surface area contributed by atoms with Crippen molar-refractivity contribution in [2.45, 2.75) is 39.2 Å². The van der Waals surface area contributed by atoms with Crippen molar-refractivity contribution in [2.24, 2.45) is 7.05 Å². The van der Waals surface area contributed by atoms with E-state index in [-0.39, 0.29) is 5.78 Å². The van der Waals surface area contributed by atoms with Gasteiger partial charge in [0.15, 0.2) is 5.78 Å². The molecule has 4 nitrogen and oxygen atoms in total. The predicted octanol–water partition coefficient (Wildman–Crippen LogP) is 2.89. The summed E-state index contributed by atoms with van der Waals surface area (Å²) in [6, 6.07) is 7.97. The molecule has 20 heavy (non-hydrogen) atoms. The maximum atomic E-state index is 12.5. The Morgan fingerprint density at radius 3 is 2.70 bits per heavy atom. The molecule has 0 bridgehead atoms. The van der Waals surface area contributed by atoms with Crippen LogP contribution in [-0.2, 0) is 23.0 Å². The Hall–Kier alpha value is -1.68. The van der Waals surface area contributed by atoms with E-state index < -0.39 is 5.60 Å². The number of hydrogen-bond donors (Lipinski definition) is 0. The highest BCUT2D eigenvalue weighted by molar-refractivity contribution is 5.92. The molecule has 2 aromatic rings. The summed E-state index contributed by atoms with van der Waals surface area (Å²) in [4.78, 5) is 12.5. The van der Waals surface area contributed by atoms with Gasteiger partial charge >= 0.3 is 0 Å². The van der Waals surface area contributed by atoms with Crippen molar-refractivity contribution in [1.29, 1.82) is 0 Å². The van der Waals surface area contributed by atoms with Crippen LogP contribution < -0.4 is 0 Å². The van der Waals surface area contributed by atoms with Crippen molar-refractivity contribution in [2.75, 3.05) is 6.61 Å². The Kier molecular flexibility index (Phi) is 4.23. The molecular weight excluding hydrogens is 252 g/mol. The molecule has 0 saturated carbocycles. The highest BCUT2D eigenvalue weighted by atomic mass is 16.5. The monoisotopic (exact) mass is 274 g/mol. The molecule has 108 valence electrons. The molecule has 0 amide bonds. The average molecular weight is 274 g/mol. The molecular formula is C16H22N2O2. The van der Waals surface area contributed by atoms with Crippen LogP contribution in [0.1, 0.15) is 32.9 Å². The number of carbonyl (C=O) groups excluding carboxylic acids is 1.